The van der Waals surface area contributed by atoms with E-state index in [1.54, 1.807) is 0 Å². The van der Waals surface area contributed by atoms with Gasteiger partial charge >= 0.3 is 0 Å². The van der Waals surface area contributed by atoms with Crippen molar-refractivity contribution in [1.29, 1.82) is 5.41 Å². The van der Waals surface area contributed by atoms with Crippen LogP contribution in [0.1, 0.15) is 33.3 Å². The van der Waals surface area contributed by atoms with E-state index in [4.69, 9.17) is 11.1 Å². The Morgan fingerprint density at radius 3 is 2.33 bits per heavy atom. The zero-order valence-corrected chi connectivity index (χ0v) is 13.3. The number of amidine groups is 1. The standard InChI is InChI=1S/C14H22BrN3/c1-9(14(2,3)4)18(5)12-7-6-10(13(16)17)8-11(12)15/h6-9H,1-5H3,(H3,16,17). The molecule has 3 N–H and O–H groups in total. The van der Waals surface area contributed by atoms with Gasteiger partial charge in [-0.15, -0.1) is 0 Å². The average Bonchev–Trinajstić information content (AvgIpc) is 2.25. The Bertz CT molecular complexity index is 449. The average molecular weight is 312 g/mol. The highest BCUT2D eigenvalue weighted by molar-refractivity contribution is 9.10. The van der Waals surface area contributed by atoms with E-state index in [9.17, 15) is 0 Å². The van der Waals surface area contributed by atoms with Crippen molar-refractivity contribution in [3.63, 3.8) is 0 Å². The summed E-state index contributed by atoms with van der Waals surface area (Å²) in [7, 11) is 2.09. The van der Waals surface area contributed by atoms with Crippen molar-refractivity contribution >= 4 is 27.5 Å². The lowest BCUT2D eigenvalue weighted by Gasteiger charge is -2.37. The van der Waals surface area contributed by atoms with Gasteiger partial charge in [-0.25, -0.2) is 0 Å². The lowest BCUT2D eigenvalue weighted by Crippen LogP contribution is -2.39. The number of benzene rings is 1. The van der Waals surface area contributed by atoms with Crippen molar-refractivity contribution in [3.05, 3.63) is 28.2 Å². The molecular weight excluding hydrogens is 290 g/mol. The first-order valence-corrected chi connectivity index (χ1v) is 6.80. The Kier molecular flexibility index (Phi) is 4.43. The molecule has 4 heteroatoms. The van der Waals surface area contributed by atoms with Gasteiger partial charge in [-0.05, 0) is 46.5 Å². The Morgan fingerprint density at radius 1 is 1.39 bits per heavy atom. The van der Waals surface area contributed by atoms with Crippen LogP contribution in [0.25, 0.3) is 0 Å². The van der Waals surface area contributed by atoms with Crippen molar-refractivity contribution in [3.8, 4) is 0 Å². The van der Waals surface area contributed by atoms with Crippen LogP contribution in [0, 0.1) is 10.8 Å². The fraction of sp³-hybridized carbons (Fsp3) is 0.500. The molecule has 0 amide bonds. The van der Waals surface area contributed by atoms with Gasteiger partial charge in [-0.1, -0.05) is 20.8 Å². The highest BCUT2D eigenvalue weighted by Crippen LogP contribution is 2.32. The lowest BCUT2D eigenvalue weighted by atomic mass is 9.87. The van der Waals surface area contributed by atoms with Gasteiger partial charge in [-0.3, -0.25) is 5.41 Å². The normalized spacial score (nSPS) is 13.2. The van der Waals surface area contributed by atoms with E-state index in [1.807, 2.05) is 18.2 Å². The van der Waals surface area contributed by atoms with Crippen molar-refractivity contribution in [1.82, 2.24) is 0 Å². The molecule has 0 radical (unpaired) electrons. The summed E-state index contributed by atoms with van der Waals surface area (Å²) in [6.45, 7) is 8.90. The van der Waals surface area contributed by atoms with Gasteiger partial charge in [0.2, 0.25) is 0 Å². The zero-order valence-electron chi connectivity index (χ0n) is 11.7. The molecule has 0 spiro atoms. The molecule has 1 aromatic carbocycles. The first-order chi connectivity index (χ1) is 8.14. The van der Waals surface area contributed by atoms with Crippen molar-refractivity contribution in [2.24, 2.45) is 11.1 Å². The molecule has 1 atom stereocenters. The molecule has 0 saturated carbocycles. The minimum Gasteiger partial charge on any atom is -0.384 e. The van der Waals surface area contributed by atoms with Gasteiger partial charge in [0.25, 0.3) is 0 Å². The largest absolute Gasteiger partial charge is 0.384 e. The molecule has 1 aromatic rings. The van der Waals surface area contributed by atoms with E-state index in [1.165, 1.54) is 0 Å². The smallest absolute Gasteiger partial charge is 0.122 e. The van der Waals surface area contributed by atoms with Crippen LogP contribution in [0.3, 0.4) is 0 Å². The monoisotopic (exact) mass is 311 g/mol. The van der Waals surface area contributed by atoms with Gasteiger partial charge in [0.1, 0.15) is 5.84 Å². The number of rotatable bonds is 3. The molecular formula is C14H22BrN3. The van der Waals surface area contributed by atoms with Crippen LogP contribution >= 0.6 is 15.9 Å². The molecule has 100 valence electrons. The quantitative estimate of drug-likeness (QED) is 0.662. The predicted octanol–water partition coefficient (Wildman–Crippen LogP) is 3.60. The molecule has 0 saturated heterocycles. The number of nitrogens with two attached hydrogens (primary N) is 1. The summed E-state index contributed by atoms with van der Waals surface area (Å²) in [5.41, 5.74) is 7.54. The Hall–Kier alpha value is -1.03. The second-order valence-corrected chi connectivity index (χ2v) is 6.59. The first-order valence-electron chi connectivity index (χ1n) is 6.01. The highest BCUT2D eigenvalue weighted by atomic mass is 79.9. The molecule has 0 bridgehead atoms. The van der Waals surface area contributed by atoms with Crippen LogP contribution in [-0.2, 0) is 0 Å². The van der Waals surface area contributed by atoms with Crippen LogP contribution in [0.4, 0.5) is 5.69 Å². The summed E-state index contributed by atoms with van der Waals surface area (Å²) >= 11 is 3.56. The van der Waals surface area contributed by atoms with E-state index in [0.717, 1.165) is 15.7 Å². The Morgan fingerprint density at radius 2 is 1.94 bits per heavy atom. The van der Waals surface area contributed by atoms with E-state index in [2.05, 4.69) is 55.6 Å². The SMILES string of the molecule is CC(N(C)c1ccc(C(=N)N)cc1Br)C(C)(C)C. The number of halogens is 1. The third-order valence-electron chi connectivity index (χ3n) is 3.47. The fourth-order valence-corrected chi connectivity index (χ4v) is 2.41. The maximum absolute atomic E-state index is 7.44. The lowest BCUT2D eigenvalue weighted by molar-refractivity contribution is 0.329. The number of hydrogen-bond acceptors (Lipinski definition) is 2. The molecule has 0 aliphatic rings. The Balaban J connectivity index is 3.08. The summed E-state index contributed by atoms with van der Waals surface area (Å²) < 4.78 is 0.966. The van der Waals surface area contributed by atoms with Gasteiger partial charge in [0.15, 0.2) is 0 Å². The second kappa shape index (κ2) is 5.31. The number of nitrogens with one attached hydrogen (secondary N) is 1. The van der Waals surface area contributed by atoms with E-state index in [0.29, 0.717) is 6.04 Å². The van der Waals surface area contributed by atoms with Crippen molar-refractivity contribution < 1.29 is 0 Å². The van der Waals surface area contributed by atoms with Crippen LogP contribution in [0.5, 0.6) is 0 Å². The molecule has 0 aliphatic carbocycles. The summed E-state index contributed by atoms with van der Waals surface area (Å²) in [5.74, 6) is 0.0915. The first kappa shape index (κ1) is 15.0. The third-order valence-corrected chi connectivity index (χ3v) is 4.11. The maximum atomic E-state index is 7.44. The third kappa shape index (κ3) is 3.25. The molecule has 0 aromatic heterocycles. The predicted molar refractivity (Wildman–Crippen MR) is 82.5 cm³/mol. The minimum absolute atomic E-state index is 0.0915. The number of hydrogen-bond donors (Lipinski definition) is 2. The summed E-state index contributed by atoms with van der Waals surface area (Å²) in [6.07, 6.45) is 0. The number of nitrogen functional groups attached to an aromatic ring is 1. The van der Waals surface area contributed by atoms with Gasteiger partial charge in [0, 0.05) is 23.1 Å². The summed E-state index contributed by atoms with van der Waals surface area (Å²) in [5, 5.41) is 7.44. The summed E-state index contributed by atoms with van der Waals surface area (Å²) in [6, 6.07) is 6.18. The Labute approximate surface area is 118 Å². The molecule has 0 heterocycles. The molecule has 3 nitrogen and oxygen atoms in total. The van der Waals surface area contributed by atoms with Crippen LogP contribution in [0.2, 0.25) is 0 Å². The second-order valence-electron chi connectivity index (χ2n) is 5.73. The highest BCUT2D eigenvalue weighted by Gasteiger charge is 2.25. The maximum Gasteiger partial charge on any atom is 0.122 e. The van der Waals surface area contributed by atoms with Crippen molar-refractivity contribution in [2.45, 2.75) is 33.7 Å². The van der Waals surface area contributed by atoms with Crippen LogP contribution < -0.4 is 10.6 Å². The van der Waals surface area contributed by atoms with Crippen LogP contribution in [-0.4, -0.2) is 18.9 Å². The zero-order chi connectivity index (χ0) is 14.1. The number of nitrogens with zero attached hydrogens (tertiary/aromatic N) is 1. The van der Waals surface area contributed by atoms with E-state index >= 15 is 0 Å². The summed E-state index contributed by atoms with van der Waals surface area (Å²) in [4.78, 5) is 2.24. The van der Waals surface area contributed by atoms with E-state index in [-0.39, 0.29) is 11.3 Å². The molecule has 1 rings (SSSR count). The van der Waals surface area contributed by atoms with Gasteiger partial charge in [0.05, 0.1) is 5.69 Å². The molecule has 1 unspecified atom stereocenters. The molecule has 18 heavy (non-hydrogen) atoms. The van der Waals surface area contributed by atoms with Crippen LogP contribution in [0.15, 0.2) is 22.7 Å². The molecule has 0 fully saturated rings. The minimum atomic E-state index is 0.0915. The molecule has 0 aliphatic heterocycles. The van der Waals surface area contributed by atoms with Gasteiger partial charge < -0.3 is 10.6 Å². The fourth-order valence-electron chi connectivity index (χ4n) is 1.75. The van der Waals surface area contributed by atoms with Crippen molar-refractivity contribution in [2.75, 3.05) is 11.9 Å². The van der Waals surface area contributed by atoms with Gasteiger partial charge in [-0.2, -0.15) is 0 Å². The van der Waals surface area contributed by atoms with E-state index < -0.39 is 0 Å². The topological polar surface area (TPSA) is 53.1 Å². The number of anilines is 1.